The molecule has 2 aliphatic heterocycles. The van der Waals surface area contributed by atoms with Crippen LogP contribution in [0.25, 0.3) is 0 Å². The summed E-state index contributed by atoms with van der Waals surface area (Å²) in [5.41, 5.74) is 2.61. The minimum absolute atomic E-state index is 0.0213. The summed E-state index contributed by atoms with van der Waals surface area (Å²) in [6.45, 7) is 5.77. The minimum atomic E-state index is -0.512. The van der Waals surface area contributed by atoms with Crippen molar-refractivity contribution in [2.45, 2.75) is 51.4 Å². The van der Waals surface area contributed by atoms with Gasteiger partial charge in [-0.05, 0) is 42.2 Å². The second kappa shape index (κ2) is 10.1. The maximum atomic E-state index is 13.6. The monoisotopic (exact) mass is 473 g/mol. The number of benzene rings is 2. The Morgan fingerprint density at radius 2 is 1.89 bits per heavy atom. The third-order valence-electron chi connectivity index (χ3n) is 7.18. The molecule has 184 valence electrons. The molecule has 0 bridgehead atoms. The lowest BCUT2D eigenvalue weighted by Crippen LogP contribution is -2.59. The van der Waals surface area contributed by atoms with E-state index in [-0.39, 0.29) is 17.9 Å². The first kappa shape index (κ1) is 24.7. The van der Waals surface area contributed by atoms with Crippen molar-refractivity contribution < 1.29 is 9.59 Å². The quantitative estimate of drug-likeness (QED) is 0.694. The van der Waals surface area contributed by atoms with Crippen molar-refractivity contribution in [3.63, 3.8) is 0 Å². The smallest absolute Gasteiger partial charge is 0.253 e. The number of carbonyl (C=O) groups is 2. The number of likely N-dealkylation sites (tertiary alicyclic amines) is 1. The maximum absolute atomic E-state index is 13.6. The Labute approximate surface area is 208 Å². The van der Waals surface area contributed by atoms with Gasteiger partial charge in [-0.2, -0.15) is 5.26 Å². The molecular formula is C28H35N5O2. The molecule has 1 spiro atoms. The van der Waals surface area contributed by atoms with Crippen LogP contribution in [0.2, 0.25) is 0 Å². The van der Waals surface area contributed by atoms with Gasteiger partial charge < -0.3 is 14.7 Å². The number of amides is 2. The van der Waals surface area contributed by atoms with E-state index in [1.807, 2.05) is 71.3 Å². The van der Waals surface area contributed by atoms with Gasteiger partial charge in [-0.3, -0.25) is 14.9 Å². The van der Waals surface area contributed by atoms with Crippen LogP contribution in [-0.4, -0.2) is 60.5 Å². The molecule has 2 fully saturated rings. The van der Waals surface area contributed by atoms with Crippen LogP contribution in [-0.2, 0) is 11.3 Å². The zero-order valence-corrected chi connectivity index (χ0v) is 21.1. The Bertz CT molecular complexity index is 1130. The third-order valence-corrected chi connectivity index (χ3v) is 7.18. The van der Waals surface area contributed by atoms with Crippen LogP contribution in [0.4, 0.5) is 5.69 Å². The molecule has 35 heavy (non-hydrogen) atoms. The number of hydrogen-bond donors (Lipinski definition) is 1. The molecular weight excluding hydrogens is 438 g/mol. The van der Waals surface area contributed by atoms with E-state index in [9.17, 15) is 14.9 Å². The summed E-state index contributed by atoms with van der Waals surface area (Å²) in [4.78, 5) is 32.6. The Morgan fingerprint density at radius 1 is 1.17 bits per heavy atom. The topological polar surface area (TPSA) is 79.7 Å². The SMILES string of the molecule is CC(C)CC1NC2(CCN(C(=O)c3cccc(N(C)C)c3)CC2)N(Cc2ccccc2C#N)C1=O. The average Bonchev–Trinajstić information content (AvgIpc) is 3.09. The summed E-state index contributed by atoms with van der Waals surface area (Å²) in [5, 5.41) is 13.2. The lowest BCUT2D eigenvalue weighted by atomic mass is 9.94. The highest BCUT2D eigenvalue weighted by molar-refractivity contribution is 5.95. The van der Waals surface area contributed by atoms with Gasteiger partial charge in [0, 0.05) is 57.8 Å². The Balaban J connectivity index is 1.55. The Morgan fingerprint density at radius 3 is 2.54 bits per heavy atom. The molecule has 2 aromatic rings. The summed E-state index contributed by atoms with van der Waals surface area (Å²) in [5.74, 6) is 0.489. The number of carbonyl (C=O) groups excluding carboxylic acids is 2. The molecule has 0 saturated carbocycles. The highest BCUT2D eigenvalue weighted by Gasteiger charge is 2.51. The van der Waals surface area contributed by atoms with Crippen molar-refractivity contribution in [1.29, 1.82) is 5.26 Å². The van der Waals surface area contributed by atoms with Gasteiger partial charge in [0.1, 0.15) is 0 Å². The number of anilines is 1. The van der Waals surface area contributed by atoms with E-state index in [1.165, 1.54) is 0 Å². The largest absolute Gasteiger partial charge is 0.378 e. The van der Waals surface area contributed by atoms with E-state index in [2.05, 4.69) is 25.2 Å². The highest BCUT2D eigenvalue weighted by atomic mass is 16.2. The van der Waals surface area contributed by atoms with Crippen LogP contribution in [0, 0.1) is 17.2 Å². The summed E-state index contributed by atoms with van der Waals surface area (Å²) in [7, 11) is 3.92. The lowest BCUT2D eigenvalue weighted by Gasteiger charge is -2.45. The zero-order valence-electron chi connectivity index (χ0n) is 21.1. The Hall–Kier alpha value is -3.37. The van der Waals surface area contributed by atoms with Crippen molar-refractivity contribution in [2.75, 3.05) is 32.1 Å². The molecule has 1 atom stereocenters. The van der Waals surface area contributed by atoms with Gasteiger partial charge in [0.25, 0.3) is 5.91 Å². The molecule has 1 N–H and O–H groups in total. The molecule has 7 nitrogen and oxygen atoms in total. The van der Waals surface area contributed by atoms with Crippen LogP contribution in [0.15, 0.2) is 48.5 Å². The number of piperidine rings is 1. The molecule has 0 aliphatic carbocycles. The first-order valence-corrected chi connectivity index (χ1v) is 12.4. The second-order valence-corrected chi connectivity index (χ2v) is 10.3. The van der Waals surface area contributed by atoms with Crippen molar-refractivity contribution in [2.24, 2.45) is 5.92 Å². The van der Waals surface area contributed by atoms with Crippen LogP contribution in [0.3, 0.4) is 0 Å². The van der Waals surface area contributed by atoms with Crippen LogP contribution < -0.4 is 10.2 Å². The van der Waals surface area contributed by atoms with E-state index in [0.29, 0.717) is 49.5 Å². The van der Waals surface area contributed by atoms with Crippen molar-refractivity contribution in [3.8, 4) is 6.07 Å². The van der Waals surface area contributed by atoms with Gasteiger partial charge >= 0.3 is 0 Å². The highest BCUT2D eigenvalue weighted by Crippen LogP contribution is 2.36. The van der Waals surface area contributed by atoms with Crippen molar-refractivity contribution in [1.82, 2.24) is 15.1 Å². The first-order chi connectivity index (χ1) is 16.7. The zero-order chi connectivity index (χ0) is 25.2. The van der Waals surface area contributed by atoms with Crippen molar-refractivity contribution >= 4 is 17.5 Å². The third kappa shape index (κ3) is 5.03. The summed E-state index contributed by atoms with van der Waals surface area (Å²) >= 11 is 0. The lowest BCUT2D eigenvalue weighted by molar-refractivity contribution is -0.134. The summed E-state index contributed by atoms with van der Waals surface area (Å²) < 4.78 is 0. The molecule has 4 rings (SSSR count). The molecule has 0 aromatic heterocycles. The van der Waals surface area contributed by atoms with Crippen molar-refractivity contribution in [3.05, 3.63) is 65.2 Å². The average molecular weight is 474 g/mol. The number of nitrogens with one attached hydrogen (secondary N) is 1. The predicted octanol–water partition coefficient (Wildman–Crippen LogP) is 3.60. The number of hydrogen-bond acceptors (Lipinski definition) is 5. The van der Waals surface area contributed by atoms with E-state index in [0.717, 1.165) is 17.7 Å². The predicted molar refractivity (Wildman–Crippen MR) is 137 cm³/mol. The van der Waals surface area contributed by atoms with Crippen LogP contribution >= 0.6 is 0 Å². The molecule has 7 heteroatoms. The summed E-state index contributed by atoms with van der Waals surface area (Å²) in [6, 6.07) is 17.2. The van der Waals surface area contributed by atoms with Gasteiger partial charge in [0.15, 0.2) is 0 Å². The maximum Gasteiger partial charge on any atom is 0.253 e. The molecule has 2 heterocycles. The molecule has 2 aromatic carbocycles. The van der Waals surface area contributed by atoms with Gasteiger partial charge in [-0.25, -0.2) is 0 Å². The minimum Gasteiger partial charge on any atom is -0.378 e. The van der Waals surface area contributed by atoms with Crippen LogP contribution in [0.1, 0.15) is 54.6 Å². The molecule has 0 radical (unpaired) electrons. The van der Waals surface area contributed by atoms with Crippen LogP contribution in [0.5, 0.6) is 0 Å². The number of rotatable bonds is 6. The molecule has 2 saturated heterocycles. The molecule has 1 unspecified atom stereocenters. The van der Waals surface area contributed by atoms with E-state index in [1.54, 1.807) is 6.07 Å². The van der Waals surface area contributed by atoms with E-state index in [4.69, 9.17) is 0 Å². The number of nitriles is 1. The second-order valence-electron chi connectivity index (χ2n) is 10.3. The van der Waals surface area contributed by atoms with Gasteiger partial charge in [0.2, 0.25) is 5.91 Å². The summed E-state index contributed by atoms with van der Waals surface area (Å²) in [6.07, 6.45) is 2.07. The molecule has 2 amide bonds. The molecule has 2 aliphatic rings. The van der Waals surface area contributed by atoms with E-state index < -0.39 is 5.66 Å². The fourth-order valence-corrected chi connectivity index (χ4v) is 5.25. The standard InChI is InChI=1S/C28H35N5O2/c1-20(2)16-25-27(35)33(19-23-9-6-5-8-22(23)18-29)28(30-25)12-14-32(15-13-28)26(34)21-10-7-11-24(17-21)31(3)4/h5-11,17,20,25,30H,12-16,19H2,1-4H3. The first-order valence-electron chi connectivity index (χ1n) is 12.4. The van der Waals surface area contributed by atoms with E-state index >= 15 is 0 Å². The van der Waals surface area contributed by atoms with Gasteiger partial charge in [0.05, 0.1) is 23.3 Å². The Kier molecular flexibility index (Phi) is 7.13. The van der Waals surface area contributed by atoms with Gasteiger partial charge in [-0.1, -0.05) is 38.1 Å². The van der Waals surface area contributed by atoms with Gasteiger partial charge in [-0.15, -0.1) is 0 Å². The number of nitrogens with zero attached hydrogens (tertiary/aromatic N) is 4. The fourth-order valence-electron chi connectivity index (χ4n) is 5.25. The fraction of sp³-hybridized carbons (Fsp3) is 0.464. The normalized spacial score (nSPS) is 19.3.